The Kier molecular flexibility index (Phi) is 8.05. The smallest absolute Gasteiger partial charge is 0.302 e. The number of piperidine rings is 2. The fraction of sp³-hybridized carbons (Fsp3) is 0.567. The zero-order chi connectivity index (χ0) is 31.1. The number of halogens is 2. The maximum Gasteiger partial charge on any atom is 0.302 e. The number of benzene rings is 1. The SMILES string of the molecule is CC(=O)OCCS(=O)(=O)Nc1ccc(NC(=O)c2cc3c(c(N4CCC(F)(F)CC4)n2)OCC3)c(N2CCC3(CC2)CC3)c1. The van der Waals surface area contributed by atoms with E-state index in [1.54, 1.807) is 29.2 Å². The van der Waals surface area contributed by atoms with Gasteiger partial charge in [-0.2, -0.15) is 0 Å². The van der Waals surface area contributed by atoms with Crippen molar-refractivity contribution in [3.05, 3.63) is 35.5 Å². The largest absolute Gasteiger partial charge is 0.489 e. The van der Waals surface area contributed by atoms with Crippen molar-refractivity contribution < 1.29 is 36.3 Å². The van der Waals surface area contributed by atoms with Crippen LogP contribution in [-0.2, 0) is 26.0 Å². The van der Waals surface area contributed by atoms with Crippen LogP contribution in [0, 0.1) is 5.41 Å². The van der Waals surface area contributed by atoms with Crippen LogP contribution < -0.4 is 24.6 Å². The van der Waals surface area contributed by atoms with Crippen molar-refractivity contribution >= 4 is 44.8 Å². The van der Waals surface area contributed by atoms with Crippen LogP contribution in [0.15, 0.2) is 24.3 Å². The molecule has 1 aromatic heterocycles. The number of carbonyl (C=O) groups is 2. The molecule has 1 aromatic carbocycles. The van der Waals surface area contributed by atoms with E-state index in [0.717, 1.165) is 31.5 Å². The Labute approximate surface area is 255 Å². The summed E-state index contributed by atoms with van der Waals surface area (Å²) in [5.41, 5.74) is 2.87. The highest BCUT2D eigenvalue weighted by molar-refractivity contribution is 7.92. The van der Waals surface area contributed by atoms with Crippen LogP contribution in [0.3, 0.4) is 0 Å². The number of hydrogen-bond acceptors (Lipinski definition) is 9. The van der Waals surface area contributed by atoms with E-state index in [2.05, 4.69) is 19.9 Å². The fourth-order valence-electron chi connectivity index (χ4n) is 6.13. The number of hydrogen-bond donors (Lipinski definition) is 2. The zero-order valence-corrected chi connectivity index (χ0v) is 25.5. The number of fused-ring (bicyclic) bond motifs is 1. The fourth-order valence-corrected chi connectivity index (χ4v) is 7.02. The second kappa shape index (κ2) is 11.7. The van der Waals surface area contributed by atoms with Crippen molar-refractivity contribution in [2.45, 2.75) is 57.8 Å². The Hall–Kier alpha value is -3.68. The first kappa shape index (κ1) is 30.4. The Morgan fingerprint density at radius 3 is 2.41 bits per heavy atom. The van der Waals surface area contributed by atoms with Gasteiger partial charge in [0.15, 0.2) is 11.6 Å². The average Bonchev–Trinajstić information content (AvgIpc) is 3.54. The van der Waals surface area contributed by atoms with E-state index in [4.69, 9.17) is 9.47 Å². The summed E-state index contributed by atoms with van der Waals surface area (Å²) in [5, 5.41) is 2.97. The number of amides is 1. The summed E-state index contributed by atoms with van der Waals surface area (Å²) >= 11 is 0. The van der Waals surface area contributed by atoms with E-state index in [0.29, 0.717) is 47.1 Å². The van der Waals surface area contributed by atoms with E-state index >= 15 is 0 Å². The van der Waals surface area contributed by atoms with Gasteiger partial charge in [0.25, 0.3) is 11.8 Å². The number of rotatable bonds is 9. The number of nitrogens with one attached hydrogen (secondary N) is 2. The van der Waals surface area contributed by atoms with Gasteiger partial charge in [-0.3, -0.25) is 14.3 Å². The second-order valence-electron chi connectivity index (χ2n) is 12.2. The van der Waals surface area contributed by atoms with Gasteiger partial charge < -0.3 is 24.6 Å². The van der Waals surface area contributed by atoms with Crippen LogP contribution in [0.25, 0.3) is 0 Å². The lowest BCUT2D eigenvalue weighted by molar-refractivity contribution is -0.140. The van der Waals surface area contributed by atoms with E-state index in [1.165, 1.54) is 19.8 Å². The Morgan fingerprint density at radius 2 is 1.73 bits per heavy atom. The Morgan fingerprint density at radius 1 is 1.02 bits per heavy atom. The second-order valence-corrected chi connectivity index (χ2v) is 14.0. The molecule has 238 valence electrons. The highest BCUT2D eigenvalue weighted by Crippen LogP contribution is 2.54. The van der Waals surface area contributed by atoms with Gasteiger partial charge in [-0.15, -0.1) is 0 Å². The Bertz CT molecular complexity index is 1550. The van der Waals surface area contributed by atoms with Crippen LogP contribution >= 0.6 is 0 Å². The molecule has 1 saturated carbocycles. The number of aromatic nitrogens is 1. The van der Waals surface area contributed by atoms with Crippen molar-refractivity contribution in [3.63, 3.8) is 0 Å². The van der Waals surface area contributed by atoms with Crippen LogP contribution in [0.2, 0.25) is 0 Å². The van der Waals surface area contributed by atoms with E-state index in [1.807, 2.05) is 0 Å². The third-order valence-corrected chi connectivity index (χ3v) is 10.2. The monoisotopic (exact) mass is 633 g/mol. The minimum atomic E-state index is -3.80. The van der Waals surface area contributed by atoms with Gasteiger partial charge in [0.1, 0.15) is 18.1 Å². The van der Waals surface area contributed by atoms with E-state index < -0.39 is 33.6 Å². The molecule has 0 atom stereocenters. The molecule has 0 unspecified atom stereocenters. The number of anilines is 4. The molecule has 1 aliphatic carbocycles. The maximum atomic E-state index is 13.9. The molecule has 1 spiro atoms. The minimum Gasteiger partial charge on any atom is -0.489 e. The van der Waals surface area contributed by atoms with Crippen LogP contribution in [0.5, 0.6) is 5.75 Å². The minimum absolute atomic E-state index is 0.111. The molecule has 4 aliphatic rings. The standard InChI is InChI=1S/C30H37F2N5O6S/c1-20(38)42-16-17-44(40,41)35-22-2-3-23(25(19-22)36-11-7-29(5-6-29)8-12-36)34-28(39)24-18-21-4-15-43-26(21)27(33-24)37-13-9-30(31,32)10-14-37/h2-3,18-19,35H,4-17H2,1H3,(H,34,39). The predicted molar refractivity (Wildman–Crippen MR) is 161 cm³/mol. The van der Waals surface area contributed by atoms with Gasteiger partial charge in [-0.25, -0.2) is 22.2 Å². The lowest BCUT2D eigenvalue weighted by atomic mass is 9.93. The van der Waals surface area contributed by atoms with Gasteiger partial charge in [0.2, 0.25) is 10.0 Å². The van der Waals surface area contributed by atoms with Gasteiger partial charge >= 0.3 is 5.97 Å². The van der Waals surface area contributed by atoms with Gasteiger partial charge in [0.05, 0.1) is 23.7 Å². The van der Waals surface area contributed by atoms with E-state index in [-0.39, 0.29) is 38.2 Å². The average molecular weight is 634 g/mol. The van der Waals surface area contributed by atoms with Gasteiger partial charge in [-0.1, -0.05) is 0 Å². The van der Waals surface area contributed by atoms with Crippen molar-refractivity contribution in [1.82, 2.24) is 4.98 Å². The van der Waals surface area contributed by atoms with Crippen molar-refractivity contribution in [2.24, 2.45) is 5.41 Å². The summed E-state index contributed by atoms with van der Waals surface area (Å²) in [6, 6.07) is 6.61. The molecule has 0 radical (unpaired) electrons. The highest BCUT2D eigenvalue weighted by Gasteiger charge is 2.44. The molecule has 1 amide bonds. The summed E-state index contributed by atoms with van der Waals surface area (Å²) in [4.78, 5) is 33.2. The number of pyridine rings is 1. The molecular weight excluding hydrogens is 596 g/mol. The third kappa shape index (κ3) is 6.84. The van der Waals surface area contributed by atoms with Crippen molar-refractivity contribution in [2.75, 3.05) is 65.0 Å². The molecular formula is C30H37F2N5O6S. The number of sulfonamides is 1. The van der Waals surface area contributed by atoms with Crippen LogP contribution in [-0.4, -0.2) is 76.3 Å². The summed E-state index contributed by atoms with van der Waals surface area (Å²) in [7, 11) is -3.80. The lowest BCUT2D eigenvalue weighted by Crippen LogP contribution is -2.40. The molecule has 2 N–H and O–H groups in total. The molecule has 4 heterocycles. The molecule has 2 aromatic rings. The molecule has 3 aliphatic heterocycles. The summed E-state index contributed by atoms with van der Waals surface area (Å²) < 4.78 is 66.1. The normalized spacial score (nSPS) is 20.1. The highest BCUT2D eigenvalue weighted by atomic mass is 32.2. The third-order valence-electron chi connectivity index (χ3n) is 8.98. The number of esters is 1. The lowest BCUT2D eigenvalue weighted by Gasteiger charge is -2.35. The number of alkyl halides is 2. The topological polar surface area (TPSA) is 130 Å². The quantitative estimate of drug-likeness (QED) is 0.391. The predicted octanol–water partition coefficient (Wildman–Crippen LogP) is 4.19. The van der Waals surface area contributed by atoms with E-state index in [9.17, 15) is 26.8 Å². The number of ether oxygens (including phenoxy) is 2. The maximum absolute atomic E-state index is 13.9. The first-order valence-electron chi connectivity index (χ1n) is 15.0. The van der Waals surface area contributed by atoms with Crippen molar-refractivity contribution in [3.8, 4) is 5.75 Å². The van der Waals surface area contributed by atoms with Gasteiger partial charge in [0, 0.05) is 57.9 Å². The zero-order valence-electron chi connectivity index (χ0n) is 24.7. The van der Waals surface area contributed by atoms with Crippen LogP contribution in [0.1, 0.15) is 61.5 Å². The summed E-state index contributed by atoms with van der Waals surface area (Å²) in [5.74, 6) is -3.18. The molecule has 14 heteroatoms. The molecule has 0 bridgehead atoms. The number of carbonyl (C=O) groups excluding carboxylic acids is 2. The molecule has 6 rings (SSSR count). The number of nitrogens with zero attached hydrogens (tertiary/aromatic N) is 3. The Balaban J connectivity index is 1.25. The summed E-state index contributed by atoms with van der Waals surface area (Å²) in [6.07, 6.45) is 4.48. The molecule has 11 nitrogen and oxygen atoms in total. The molecule has 3 fully saturated rings. The van der Waals surface area contributed by atoms with Crippen molar-refractivity contribution in [1.29, 1.82) is 0 Å². The molecule has 2 saturated heterocycles. The van der Waals surface area contributed by atoms with Gasteiger partial charge in [-0.05, 0) is 55.4 Å². The first-order chi connectivity index (χ1) is 20.9. The summed E-state index contributed by atoms with van der Waals surface area (Å²) in [6.45, 7) is 3.14. The van der Waals surface area contributed by atoms with Crippen LogP contribution in [0.4, 0.5) is 31.7 Å². The first-order valence-corrected chi connectivity index (χ1v) is 16.7. The molecule has 44 heavy (non-hydrogen) atoms.